The number of aliphatic hydroxyl groups is 1. The van der Waals surface area contributed by atoms with E-state index in [1.165, 1.54) is 0 Å². The second-order valence-electron chi connectivity index (χ2n) is 4.45. The van der Waals surface area contributed by atoms with Crippen molar-refractivity contribution >= 4 is 9.84 Å². The van der Waals surface area contributed by atoms with E-state index in [1.54, 1.807) is 0 Å². The zero-order chi connectivity index (χ0) is 10.2. The smallest absolute Gasteiger partial charge is 0.153 e. The molecule has 0 aromatic carbocycles. The summed E-state index contributed by atoms with van der Waals surface area (Å²) >= 11 is 0. The van der Waals surface area contributed by atoms with Gasteiger partial charge in [-0.25, -0.2) is 8.42 Å². The molecule has 0 amide bonds. The molecule has 2 aliphatic rings. The van der Waals surface area contributed by atoms with Crippen LogP contribution in [0.3, 0.4) is 0 Å². The SMILES string of the molecule is O=S1(=O)CCC(O)(C2CCCCN2)C1. The molecule has 2 fully saturated rings. The molecule has 0 aromatic heterocycles. The summed E-state index contributed by atoms with van der Waals surface area (Å²) in [6.07, 6.45) is 3.50. The third-order valence-electron chi connectivity index (χ3n) is 3.27. The Bertz CT molecular complexity index is 308. The Labute approximate surface area is 84.6 Å². The number of hydrogen-bond donors (Lipinski definition) is 2. The standard InChI is InChI=1S/C9H17NO3S/c11-9(4-6-14(12,13)7-9)8-3-1-2-5-10-8/h8,10-11H,1-7H2. The van der Waals surface area contributed by atoms with Gasteiger partial charge in [-0.3, -0.25) is 0 Å². The molecule has 4 nitrogen and oxygen atoms in total. The molecule has 0 aliphatic carbocycles. The molecular formula is C9H17NO3S. The van der Waals surface area contributed by atoms with Crippen molar-refractivity contribution in [2.45, 2.75) is 37.3 Å². The van der Waals surface area contributed by atoms with E-state index in [2.05, 4.69) is 5.32 Å². The molecular weight excluding hydrogens is 202 g/mol. The van der Waals surface area contributed by atoms with Crippen molar-refractivity contribution in [3.8, 4) is 0 Å². The van der Waals surface area contributed by atoms with Crippen LogP contribution in [0.4, 0.5) is 0 Å². The zero-order valence-corrected chi connectivity index (χ0v) is 9.02. The monoisotopic (exact) mass is 219 g/mol. The minimum Gasteiger partial charge on any atom is -0.387 e. The van der Waals surface area contributed by atoms with Gasteiger partial charge in [0.2, 0.25) is 0 Å². The van der Waals surface area contributed by atoms with Crippen LogP contribution in [0.1, 0.15) is 25.7 Å². The van der Waals surface area contributed by atoms with Gasteiger partial charge in [0.1, 0.15) is 0 Å². The second-order valence-corrected chi connectivity index (χ2v) is 6.63. The topological polar surface area (TPSA) is 66.4 Å². The van der Waals surface area contributed by atoms with Crippen LogP contribution in [-0.2, 0) is 9.84 Å². The highest BCUT2D eigenvalue weighted by molar-refractivity contribution is 7.91. The van der Waals surface area contributed by atoms with E-state index < -0.39 is 15.4 Å². The molecule has 82 valence electrons. The lowest BCUT2D eigenvalue weighted by Crippen LogP contribution is -2.53. The van der Waals surface area contributed by atoms with E-state index in [9.17, 15) is 13.5 Å². The van der Waals surface area contributed by atoms with Gasteiger partial charge in [-0.1, -0.05) is 6.42 Å². The Kier molecular flexibility index (Phi) is 2.57. The van der Waals surface area contributed by atoms with Crippen molar-refractivity contribution in [3.63, 3.8) is 0 Å². The molecule has 2 unspecified atom stereocenters. The highest BCUT2D eigenvalue weighted by Crippen LogP contribution is 2.30. The van der Waals surface area contributed by atoms with Gasteiger partial charge in [0.15, 0.2) is 9.84 Å². The summed E-state index contributed by atoms with van der Waals surface area (Å²) in [4.78, 5) is 0. The van der Waals surface area contributed by atoms with Gasteiger partial charge in [-0.05, 0) is 25.8 Å². The maximum Gasteiger partial charge on any atom is 0.153 e. The summed E-state index contributed by atoms with van der Waals surface area (Å²) in [5.74, 6) is 0.0827. The lowest BCUT2D eigenvalue weighted by molar-refractivity contribution is 0.0170. The van der Waals surface area contributed by atoms with Gasteiger partial charge in [0.25, 0.3) is 0 Å². The molecule has 2 heterocycles. The summed E-state index contributed by atoms with van der Waals surface area (Å²) in [5, 5.41) is 13.4. The normalized spacial score (nSPS) is 42.5. The summed E-state index contributed by atoms with van der Waals surface area (Å²) in [5.41, 5.74) is -1.00. The first kappa shape index (κ1) is 10.4. The van der Waals surface area contributed by atoms with E-state index in [1.807, 2.05) is 0 Å². The molecule has 2 aliphatic heterocycles. The van der Waals surface area contributed by atoms with Gasteiger partial charge in [0, 0.05) is 6.04 Å². The predicted octanol–water partition coefficient (Wildman–Crippen LogP) is -0.322. The highest BCUT2D eigenvalue weighted by Gasteiger charge is 2.46. The number of hydrogen-bond acceptors (Lipinski definition) is 4. The van der Waals surface area contributed by atoms with E-state index >= 15 is 0 Å². The summed E-state index contributed by atoms with van der Waals surface area (Å²) in [7, 11) is -2.99. The average molecular weight is 219 g/mol. The molecule has 2 atom stereocenters. The molecule has 14 heavy (non-hydrogen) atoms. The van der Waals surface area contributed by atoms with Gasteiger partial charge in [0.05, 0.1) is 17.1 Å². The quantitative estimate of drug-likeness (QED) is 0.634. The van der Waals surface area contributed by atoms with Crippen molar-refractivity contribution < 1.29 is 13.5 Å². The fourth-order valence-corrected chi connectivity index (χ4v) is 4.36. The molecule has 0 spiro atoms. The van der Waals surface area contributed by atoms with Gasteiger partial charge < -0.3 is 10.4 Å². The number of sulfone groups is 1. The van der Waals surface area contributed by atoms with Crippen molar-refractivity contribution in [2.75, 3.05) is 18.1 Å². The fraction of sp³-hybridized carbons (Fsp3) is 1.00. The highest BCUT2D eigenvalue weighted by atomic mass is 32.2. The van der Waals surface area contributed by atoms with E-state index in [0.29, 0.717) is 6.42 Å². The lowest BCUT2D eigenvalue weighted by Gasteiger charge is -2.35. The Morgan fingerprint density at radius 2 is 2.14 bits per heavy atom. The molecule has 5 heteroatoms. The zero-order valence-electron chi connectivity index (χ0n) is 8.20. The minimum atomic E-state index is -2.99. The fourth-order valence-electron chi connectivity index (χ4n) is 2.44. The van der Waals surface area contributed by atoms with Crippen LogP contribution in [0, 0.1) is 0 Å². The minimum absolute atomic E-state index is 0.0199. The Balaban J connectivity index is 2.09. The largest absolute Gasteiger partial charge is 0.387 e. The van der Waals surface area contributed by atoms with E-state index in [0.717, 1.165) is 25.8 Å². The summed E-state index contributed by atoms with van der Waals surface area (Å²) in [6.45, 7) is 0.896. The molecule has 0 bridgehead atoms. The number of nitrogens with one attached hydrogen (secondary N) is 1. The third kappa shape index (κ3) is 1.94. The first-order chi connectivity index (χ1) is 6.52. The Morgan fingerprint density at radius 3 is 2.64 bits per heavy atom. The van der Waals surface area contributed by atoms with E-state index in [4.69, 9.17) is 0 Å². The first-order valence-corrected chi connectivity index (χ1v) is 7.00. The lowest BCUT2D eigenvalue weighted by atomic mass is 9.87. The Morgan fingerprint density at radius 1 is 1.36 bits per heavy atom. The molecule has 2 rings (SSSR count). The number of piperidine rings is 1. The second kappa shape index (κ2) is 3.47. The van der Waals surface area contributed by atoms with Crippen molar-refractivity contribution in [1.82, 2.24) is 5.32 Å². The van der Waals surface area contributed by atoms with Crippen molar-refractivity contribution in [2.24, 2.45) is 0 Å². The van der Waals surface area contributed by atoms with Crippen molar-refractivity contribution in [3.05, 3.63) is 0 Å². The van der Waals surface area contributed by atoms with Gasteiger partial charge in [-0.2, -0.15) is 0 Å². The average Bonchev–Trinajstić information content (AvgIpc) is 2.44. The molecule has 0 saturated carbocycles. The summed E-state index contributed by atoms with van der Waals surface area (Å²) in [6, 6.07) is -0.0199. The van der Waals surface area contributed by atoms with Crippen LogP contribution in [0.2, 0.25) is 0 Å². The van der Waals surface area contributed by atoms with Crippen LogP contribution in [0.15, 0.2) is 0 Å². The number of rotatable bonds is 1. The van der Waals surface area contributed by atoms with Crippen molar-refractivity contribution in [1.29, 1.82) is 0 Å². The predicted molar refractivity (Wildman–Crippen MR) is 53.9 cm³/mol. The third-order valence-corrected chi connectivity index (χ3v) is 5.04. The molecule has 2 saturated heterocycles. The van der Waals surface area contributed by atoms with E-state index in [-0.39, 0.29) is 17.5 Å². The molecule has 0 aromatic rings. The molecule has 0 radical (unpaired) electrons. The summed E-state index contributed by atoms with van der Waals surface area (Å²) < 4.78 is 22.6. The first-order valence-electron chi connectivity index (χ1n) is 5.18. The van der Waals surface area contributed by atoms with Crippen LogP contribution in [-0.4, -0.2) is 43.2 Å². The van der Waals surface area contributed by atoms with Gasteiger partial charge >= 0.3 is 0 Å². The maximum atomic E-state index is 11.3. The van der Waals surface area contributed by atoms with Gasteiger partial charge in [-0.15, -0.1) is 0 Å². The van der Waals surface area contributed by atoms with Crippen LogP contribution < -0.4 is 5.32 Å². The Hall–Kier alpha value is -0.130. The van der Waals surface area contributed by atoms with Crippen LogP contribution in [0.25, 0.3) is 0 Å². The molecule has 2 N–H and O–H groups in total. The van der Waals surface area contributed by atoms with Crippen LogP contribution in [0.5, 0.6) is 0 Å². The maximum absolute atomic E-state index is 11.3. The van der Waals surface area contributed by atoms with Crippen LogP contribution >= 0.6 is 0 Å².